The molecule has 184 valence electrons. The molecule has 0 N–H and O–H groups in total. The standard InChI is InChI=1S/C24H28O10/c1-31-21(27)15-7-5-8(16(15)22(28)32-2)12-11(7)19(25)13-9-6-10(14(13)20(12)26)18(24(30)34-4)17(9)23(29)33-3/h7-18H,5-6H2,1-4H3/t7-,8+,9+,10-,11?,12?,13?,14?,15?,16?,17?,18?. The van der Waals surface area contributed by atoms with Crippen molar-refractivity contribution in [3.8, 4) is 0 Å². The Bertz CT molecular complexity index is 836. The Kier molecular flexibility index (Phi) is 5.33. The second-order valence-electron chi connectivity index (χ2n) is 10.2. The second-order valence-corrected chi connectivity index (χ2v) is 10.2. The van der Waals surface area contributed by atoms with Gasteiger partial charge in [0.2, 0.25) is 0 Å². The molecule has 5 saturated carbocycles. The first-order valence-electron chi connectivity index (χ1n) is 11.6. The van der Waals surface area contributed by atoms with Crippen molar-refractivity contribution < 1.29 is 47.7 Å². The van der Waals surface area contributed by atoms with Crippen molar-refractivity contribution in [1.29, 1.82) is 0 Å². The van der Waals surface area contributed by atoms with E-state index in [0.717, 1.165) is 0 Å². The van der Waals surface area contributed by atoms with Crippen molar-refractivity contribution in [2.24, 2.45) is 71.0 Å². The van der Waals surface area contributed by atoms with Crippen LogP contribution in [-0.2, 0) is 47.7 Å². The van der Waals surface area contributed by atoms with Crippen LogP contribution in [0.1, 0.15) is 12.8 Å². The predicted octanol–water partition coefficient (Wildman–Crippen LogP) is 0.0592. The summed E-state index contributed by atoms with van der Waals surface area (Å²) >= 11 is 0. The highest BCUT2D eigenvalue weighted by molar-refractivity contribution is 6.04. The first-order valence-corrected chi connectivity index (χ1v) is 11.6. The Balaban J connectivity index is 1.55. The van der Waals surface area contributed by atoms with E-state index < -0.39 is 94.9 Å². The minimum atomic E-state index is -0.852. The summed E-state index contributed by atoms with van der Waals surface area (Å²) < 4.78 is 19.8. The number of hydrogen-bond donors (Lipinski definition) is 0. The van der Waals surface area contributed by atoms with E-state index in [0.29, 0.717) is 12.8 Å². The van der Waals surface area contributed by atoms with Gasteiger partial charge in [-0.2, -0.15) is 0 Å². The van der Waals surface area contributed by atoms with Crippen LogP contribution in [0.3, 0.4) is 0 Å². The molecule has 0 heterocycles. The molecule has 5 aliphatic rings. The van der Waals surface area contributed by atoms with Crippen LogP contribution in [0.15, 0.2) is 0 Å². The monoisotopic (exact) mass is 476 g/mol. The van der Waals surface area contributed by atoms with Gasteiger partial charge in [-0.05, 0) is 36.5 Å². The molecular weight excluding hydrogens is 448 g/mol. The highest BCUT2D eigenvalue weighted by Gasteiger charge is 2.75. The van der Waals surface area contributed by atoms with E-state index in [1.807, 2.05) is 0 Å². The minimum Gasteiger partial charge on any atom is -0.469 e. The number of fused-ring (bicyclic) bond motifs is 10. The average Bonchev–Trinajstić information content (AvgIpc) is 3.61. The molecule has 0 radical (unpaired) electrons. The molecule has 0 aromatic heterocycles. The first-order chi connectivity index (χ1) is 16.2. The number of ketones is 2. The molecule has 10 heteroatoms. The summed E-state index contributed by atoms with van der Waals surface area (Å²) in [6, 6.07) is 0. The minimum absolute atomic E-state index is 0.149. The fourth-order valence-electron chi connectivity index (χ4n) is 8.65. The molecule has 8 unspecified atom stereocenters. The van der Waals surface area contributed by atoms with Gasteiger partial charge in [0.15, 0.2) is 0 Å². The molecule has 0 aliphatic heterocycles. The highest BCUT2D eigenvalue weighted by Crippen LogP contribution is 2.68. The van der Waals surface area contributed by atoms with Crippen LogP contribution in [-0.4, -0.2) is 63.9 Å². The SMILES string of the molecule is COC(=O)C1C(C(=O)OC)[C@@H]2C[C@H]1C1C(=O)C3C(C(=O)C12)[C@@H]1C[C@H]3C(C(=O)OC)C1C(=O)OC. The average molecular weight is 476 g/mol. The third-order valence-corrected chi connectivity index (χ3v) is 9.53. The van der Waals surface area contributed by atoms with E-state index in [9.17, 15) is 28.8 Å². The number of carbonyl (C=O) groups excluding carboxylic acids is 6. The van der Waals surface area contributed by atoms with Crippen molar-refractivity contribution in [2.75, 3.05) is 28.4 Å². The van der Waals surface area contributed by atoms with Crippen molar-refractivity contribution in [2.45, 2.75) is 12.8 Å². The van der Waals surface area contributed by atoms with E-state index in [1.165, 1.54) is 28.4 Å². The molecule has 5 fully saturated rings. The lowest BCUT2D eigenvalue weighted by atomic mass is 9.53. The van der Waals surface area contributed by atoms with Gasteiger partial charge in [-0.25, -0.2) is 0 Å². The summed E-state index contributed by atoms with van der Waals surface area (Å²) in [4.78, 5) is 78.4. The van der Waals surface area contributed by atoms with Crippen LogP contribution in [0.4, 0.5) is 0 Å². The fraction of sp³-hybridized carbons (Fsp3) is 0.750. The van der Waals surface area contributed by atoms with Crippen LogP contribution in [0.2, 0.25) is 0 Å². The molecule has 0 saturated heterocycles. The number of methoxy groups -OCH3 is 4. The van der Waals surface area contributed by atoms with Crippen LogP contribution in [0.5, 0.6) is 0 Å². The Morgan fingerprint density at radius 3 is 0.882 bits per heavy atom. The summed E-state index contributed by atoms with van der Waals surface area (Å²) in [5, 5.41) is 0. The Morgan fingerprint density at radius 2 is 0.706 bits per heavy atom. The molecule has 0 aromatic rings. The normalized spacial score (nSPS) is 45.4. The van der Waals surface area contributed by atoms with Gasteiger partial charge in [0, 0.05) is 23.7 Å². The van der Waals surface area contributed by atoms with Crippen LogP contribution < -0.4 is 0 Å². The van der Waals surface area contributed by atoms with Gasteiger partial charge in [-0.15, -0.1) is 0 Å². The maximum absolute atomic E-state index is 13.9. The summed E-state index contributed by atoms with van der Waals surface area (Å²) in [6.45, 7) is 0. The van der Waals surface area contributed by atoms with E-state index in [1.54, 1.807) is 0 Å². The maximum atomic E-state index is 13.9. The summed E-state index contributed by atoms with van der Waals surface area (Å²) in [6.07, 6.45) is 0.754. The molecular formula is C24H28O10. The van der Waals surface area contributed by atoms with E-state index >= 15 is 0 Å². The first kappa shape index (κ1) is 23.0. The van der Waals surface area contributed by atoms with E-state index in [2.05, 4.69) is 0 Å². The van der Waals surface area contributed by atoms with E-state index in [4.69, 9.17) is 18.9 Å². The Morgan fingerprint density at radius 1 is 0.500 bits per heavy atom. The zero-order chi connectivity index (χ0) is 24.6. The zero-order valence-corrected chi connectivity index (χ0v) is 19.4. The van der Waals surface area contributed by atoms with Gasteiger partial charge in [0.25, 0.3) is 0 Å². The predicted molar refractivity (Wildman–Crippen MR) is 109 cm³/mol. The van der Waals surface area contributed by atoms with Gasteiger partial charge < -0.3 is 18.9 Å². The van der Waals surface area contributed by atoms with Gasteiger partial charge in [-0.1, -0.05) is 0 Å². The van der Waals surface area contributed by atoms with Crippen LogP contribution >= 0.6 is 0 Å². The lowest BCUT2D eigenvalue weighted by Gasteiger charge is -2.47. The molecule has 4 bridgehead atoms. The summed E-state index contributed by atoms with van der Waals surface area (Å²) in [5.74, 6) is -10.9. The van der Waals surface area contributed by atoms with Crippen LogP contribution in [0, 0.1) is 71.0 Å². The third-order valence-electron chi connectivity index (χ3n) is 9.53. The van der Waals surface area contributed by atoms with Crippen molar-refractivity contribution in [1.82, 2.24) is 0 Å². The van der Waals surface area contributed by atoms with Crippen molar-refractivity contribution in [3.05, 3.63) is 0 Å². The topological polar surface area (TPSA) is 139 Å². The van der Waals surface area contributed by atoms with Gasteiger partial charge >= 0.3 is 23.9 Å². The smallest absolute Gasteiger partial charge is 0.309 e. The number of carbonyl (C=O) groups is 6. The fourth-order valence-corrected chi connectivity index (χ4v) is 8.65. The Labute approximate surface area is 196 Å². The third kappa shape index (κ3) is 2.68. The van der Waals surface area contributed by atoms with E-state index in [-0.39, 0.29) is 11.6 Å². The lowest BCUT2D eigenvalue weighted by Crippen LogP contribution is -2.59. The number of rotatable bonds is 4. The number of Topliss-reactive ketones (excluding diaryl/α,β-unsaturated/α-hetero) is 2. The van der Waals surface area contributed by atoms with Gasteiger partial charge in [-0.3, -0.25) is 28.8 Å². The second kappa shape index (κ2) is 7.88. The molecule has 0 amide bonds. The molecule has 5 rings (SSSR count). The molecule has 12 atom stereocenters. The summed E-state index contributed by atoms with van der Waals surface area (Å²) in [7, 11) is 4.92. The molecule has 10 nitrogen and oxygen atoms in total. The van der Waals surface area contributed by atoms with Crippen molar-refractivity contribution >= 4 is 35.4 Å². The molecule has 0 aromatic carbocycles. The Hall–Kier alpha value is -2.78. The lowest BCUT2D eigenvalue weighted by molar-refractivity contribution is -0.175. The number of ether oxygens (including phenoxy) is 4. The summed E-state index contributed by atoms with van der Waals surface area (Å²) in [5.41, 5.74) is 0. The quantitative estimate of drug-likeness (QED) is 0.404. The highest BCUT2D eigenvalue weighted by atomic mass is 16.5. The van der Waals surface area contributed by atoms with Gasteiger partial charge in [0.1, 0.15) is 11.6 Å². The zero-order valence-electron chi connectivity index (χ0n) is 19.4. The number of hydrogen-bond acceptors (Lipinski definition) is 10. The van der Waals surface area contributed by atoms with Crippen LogP contribution in [0.25, 0.3) is 0 Å². The molecule has 34 heavy (non-hydrogen) atoms. The van der Waals surface area contributed by atoms with Crippen molar-refractivity contribution in [3.63, 3.8) is 0 Å². The van der Waals surface area contributed by atoms with Gasteiger partial charge in [0.05, 0.1) is 52.1 Å². The maximum Gasteiger partial charge on any atom is 0.309 e. The number of esters is 4. The molecule has 5 aliphatic carbocycles. The molecule has 0 spiro atoms. The largest absolute Gasteiger partial charge is 0.469 e.